The van der Waals surface area contributed by atoms with Crippen LogP contribution in [-0.2, 0) is 5.88 Å². The smallest absolute Gasteiger partial charge is 0.228 e. The Labute approximate surface area is 114 Å². The lowest BCUT2D eigenvalue weighted by Crippen LogP contribution is -1.96. The van der Waals surface area contributed by atoms with E-state index >= 15 is 0 Å². The Balaban J connectivity index is 2.34. The number of aromatic nitrogens is 2. The molecule has 0 unspecified atom stereocenters. The first-order valence-corrected chi connectivity index (χ1v) is 5.89. The van der Waals surface area contributed by atoms with Crippen molar-refractivity contribution in [1.82, 2.24) is 9.97 Å². The molecule has 18 heavy (non-hydrogen) atoms. The molecule has 1 aromatic heterocycles. The van der Waals surface area contributed by atoms with Gasteiger partial charge in [-0.1, -0.05) is 17.7 Å². The van der Waals surface area contributed by atoms with Gasteiger partial charge in [0.25, 0.3) is 0 Å². The van der Waals surface area contributed by atoms with Gasteiger partial charge in [0, 0.05) is 0 Å². The molecule has 1 heterocycles. The summed E-state index contributed by atoms with van der Waals surface area (Å²) in [6, 6.07) is 8.75. The Bertz CT molecular complexity index is 611. The molecule has 0 amide bonds. The predicted octanol–water partition coefficient (Wildman–Crippen LogP) is 3.53. The van der Waals surface area contributed by atoms with E-state index in [0.29, 0.717) is 22.8 Å². The highest BCUT2D eigenvalue weighted by Crippen LogP contribution is 2.28. The molecule has 0 atom stereocenters. The molecule has 4 nitrogen and oxygen atoms in total. The summed E-state index contributed by atoms with van der Waals surface area (Å²) in [5, 5.41) is 9.06. The van der Waals surface area contributed by atoms with Gasteiger partial charge in [0.2, 0.25) is 5.88 Å². The quantitative estimate of drug-likeness (QED) is 0.637. The van der Waals surface area contributed by atoms with Crippen molar-refractivity contribution in [3.63, 3.8) is 0 Å². The summed E-state index contributed by atoms with van der Waals surface area (Å²) in [5.41, 5.74) is 1.02. The van der Waals surface area contributed by atoms with Crippen LogP contribution >= 0.6 is 23.2 Å². The van der Waals surface area contributed by atoms with Crippen molar-refractivity contribution in [1.29, 1.82) is 5.26 Å². The average Bonchev–Trinajstić information content (AvgIpc) is 2.39. The highest BCUT2D eigenvalue weighted by Gasteiger charge is 2.11. The van der Waals surface area contributed by atoms with Gasteiger partial charge in [0.1, 0.15) is 17.2 Å². The largest absolute Gasteiger partial charge is 0.438 e. The minimum absolute atomic E-state index is 0.146. The molecule has 0 radical (unpaired) electrons. The number of ether oxygens (including phenoxy) is 1. The monoisotopic (exact) mass is 279 g/mol. The van der Waals surface area contributed by atoms with Crippen LogP contribution in [0.4, 0.5) is 0 Å². The van der Waals surface area contributed by atoms with Crippen LogP contribution in [0.3, 0.4) is 0 Å². The second-order valence-electron chi connectivity index (χ2n) is 3.32. The molecule has 0 bridgehead atoms. The number of benzene rings is 1. The fraction of sp³-hybridized carbons (Fsp3) is 0.0833. The van der Waals surface area contributed by atoms with E-state index in [9.17, 15) is 0 Å². The molecule has 0 fully saturated rings. The van der Waals surface area contributed by atoms with E-state index in [1.54, 1.807) is 24.3 Å². The molecular formula is C12H7Cl2N3O. The van der Waals surface area contributed by atoms with Gasteiger partial charge in [-0.05, 0) is 18.2 Å². The van der Waals surface area contributed by atoms with E-state index in [-0.39, 0.29) is 11.0 Å². The minimum atomic E-state index is 0.146. The maximum atomic E-state index is 8.80. The second-order valence-corrected chi connectivity index (χ2v) is 3.95. The molecule has 2 rings (SSSR count). The number of nitrogens with zero attached hydrogens (tertiary/aromatic N) is 3. The molecule has 0 spiro atoms. The highest BCUT2D eigenvalue weighted by molar-refractivity contribution is 6.31. The predicted molar refractivity (Wildman–Crippen MR) is 67.8 cm³/mol. The lowest BCUT2D eigenvalue weighted by atomic mass is 10.2. The van der Waals surface area contributed by atoms with Crippen LogP contribution in [-0.4, -0.2) is 9.97 Å². The number of hydrogen-bond acceptors (Lipinski definition) is 4. The third kappa shape index (κ3) is 2.70. The molecule has 0 aliphatic heterocycles. The molecule has 2 aromatic rings. The Morgan fingerprint density at radius 2 is 2.17 bits per heavy atom. The van der Waals surface area contributed by atoms with Gasteiger partial charge in [-0.25, -0.2) is 9.97 Å². The third-order valence-corrected chi connectivity index (χ3v) is 2.76. The van der Waals surface area contributed by atoms with Crippen molar-refractivity contribution in [2.24, 2.45) is 0 Å². The van der Waals surface area contributed by atoms with Gasteiger partial charge < -0.3 is 4.74 Å². The summed E-state index contributed by atoms with van der Waals surface area (Å²) in [5.74, 6) is 0.933. The van der Waals surface area contributed by atoms with Crippen LogP contribution in [0.5, 0.6) is 11.6 Å². The standard InChI is InChI=1S/C12H7Cl2N3O/c13-5-10-11(14)16-7-17-12(10)18-9-3-1-2-8(4-9)6-15/h1-4,7H,5H2. The number of alkyl halides is 1. The van der Waals surface area contributed by atoms with E-state index in [2.05, 4.69) is 9.97 Å². The van der Waals surface area contributed by atoms with E-state index < -0.39 is 0 Å². The van der Waals surface area contributed by atoms with Gasteiger partial charge in [-0.3, -0.25) is 0 Å². The van der Waals surface area contributed by atoms with Gasteiger partial charge in [0.15, 0.2) is 0 Å². The van der Waals surface area contributed by atoms with Gasteiger partial charge >= 0.3 is 0 Å². The van der Waals surface area contributed by atoms with Crippen LogP contribution in [0.2, 0.25) is 5.15 Å². The summed E-state index contributed by atoms with van der Waals surface area (Å²) in [6.07, 6.45) is 1.29. The molecule has 0 aliphatic rings. The van der Waals surface area contributed by atoms with E-state index in [1.807, 2.05) is 6.07 Å². The fourth-order valence-corrected chi connectivity index (χ4v) is 1.82. The number of hydrogen-bond donors (Lipinski definition) is 0. The van der Waals surface area contributed by atoms with E-state index in [0.717, 1.165) is 0 Å². The highest BCUT2D eigenvalue weighted by atomic mass is 35.5. The van der Waals surface area contributed by atoms with Crippen molar-refractivity contribution in [3.8, 4) is 17.7 Å². The minimum Gasteiger partial charge on any atom is -0.438 e. The summed E-state index contributed by atoms with van der Waals surface area (Å²) >= 11 is 11.7. The first-order chi connectivity index (χ1) is 8.74. The Morgan fingerprint density at radius 3 is 2.89 bits per heavy atom. The van der Waals surface area contributed by atoms with Crippen molar-refractivity contribution in [2.75, 3.05) is 0 Å². The van der Waals surface area contributed by atoms with Crippen molar-refractivity contribution in [2.45, 2.75) is 5.88 Å². The zero-order chi connectivity index (χ0) is 13.0. The molecule has 90 valence electrons. The van der Waals surface area contributed by atoms with Gasteiger partial charge in [-0.15, -0.1) is 11.6 Å². The maximum absolute atomic E-state index is 8.80. The van der Waals surface area contributed by atoms with Crippen LogP contribution in [0.25, 0.3) is 0 Å². The number of nitriles is 1. The maximum Gasteiger partial charge on any atom is 0.228 e. The zero-order valence-electron chi connectivity index (χ0n) is 9.10. The van der Waals surface area contributed by atoms with Crippen LogP contribution in [0.1, 0.15) is 11.1 Å². The summed E-state index contributed by atoms with van der Waals surface area (Å²) in [7, 11) is 0. The Hall–Kier alpha value is -1.83. The summed E-state index contributed by atoms with van der Waals surface area (Å²) < 4.78 is 5.55. The van der Waals surface area contributed by atoms with E-state index in [4.69, 9.17) is 33.2 Å². The topological polar surface area (TPSA) is 58.8 Å². The van der Waals surface area contributed by atoms with Crippen molar-refractivity contribution in [3.05, 3.63) is 46.9 Å². The summed E-state index contributed by atoms with van der Waals surface area (Å²) in [4.78, 5) is 7.80. The van der Waals surface area contributed by atoms with Crippen molar-refractivity contribution < 1.29 is 4.74 Å². The molecule has 0 saturated heterocycles. The molecular weight excluding hydrogens is 273 g/mol. The Morgan fingerprint density at radius 1 is 1.33 bits per heavy atom. The number of halogens is 2. The first kappa shape index (κ1) is 12.6. The normalized spacial score (nSPS) is 9.83. The number of rotatable bonds is 3. The molecule has 0 N–H and O–H groups in total. The third-order valence-electron chi connectivity index (χ3n) is 2.16. The van der Waals surface area contributed by atoms with Crippen LogP contribution in [0, 0.1) is 11.3 Å². The zero-order valence-corrected chi connectivity index (χ0v) is 10.6. The first-order valence-electron chi connectivity index (χ1n) is 4.98. The molecule has 6 heteroatoms. The summed E-state index contributed by atoms with van der Waals surface area (Å²) in [6.45, 7) is 0. The second kappa shape index (κ2) is 5.67. The molecule has 1 aromatic carbocycles. The Kier molecular flexibility index (Phi) is 3.98. The van der Waals surface area contributed by atoms with Crippen LogP contribution in [0.15, 0.2) is 30.6 Å². The van der Waals surface area contributed by atoms with Crippen molar-refractivity contribution >= 4 is 23.2 Å². The van der Waals surface area contributed by atoms with Gasteiger partial charge in [-0.2, -0.15) is 5.26 Å². The SMILES string of the molecule is N#Cc1cccc(Oc2ncnc(Cl)c2CCl)c1. The van der Waals surface area contributed by atoms with Gasteiger partial charge in [0.05, 0.1) is 23.1 Å². The lowest BCUT2D eigenvalue weighted by molar-refractivity contribution is 0.456. The average molecular weight is 280 g/mol. The molecule has 0 aliphatic carbocycles. The van der Waals surface area contributed by atoms with E-state index in [1.165, 1.54) is 6.33 Å². The lowest BCUT2D eigenvalue weighted by Gasteiger charge is -2.08. The fourth-order valence-electron chi connectivity index (χ4n) is 1.32. The molecule has 0 saturated carbocycles. The van der Waals surface area contributed by atoms with Crippen LogP contribution < -0.4 is 4.74 Å².